The SMILES string of the molecule is CCc1cnc(OC2CCCN(C(=O)c3ccc(OCC(C)C)nc3)C2)nc1. The second-order valence-corrected chi connectivity index (χ2v) is 7.45. The molecule has 3 rings (SSSR count). The van der Waals surface area contributed by atoms with Gasteiger partial charge in [-0.25, -0.2) is 15.0 Å². The lowest BCUT2D eigenvalue weighted by atomic mass is 10.1. The molecule has 0 N–H and O–H groups in total. The highest BCUT2D eigenvalue weighted by atomic mass is 16.5. The Hall–Kier alpha value is -2.70. The number of ether oxygens (including phenoxy) is 2. The van der Waals surface area contributed by atoms with Crippen LogP contribution in [-0.4, -0.2) is 51.6 Å². The van der Waals surface area contributed by atoms with Crippen molar-refractivity contribution in [3.8, 4) is 11.9 Å². The number of nitrogens with zero attached hydrogens (tertiary/aromatic N) is 4. The van der Waals surface area contributed by atoms with Gasteiger partial charge in [0.2, 0.25) is 5.88 Å². The molecule has 0 bridgehead atoms. The Balaban J connectivity index is 1.57. The first-order valence-electron chi connectivity index (χ1n) is 9.91. The number of likely N-dealkylation sites (tertiary alicyclic amines) is 1. The van der Waals surface area contributed by atoms with Crippen LogP contribution in [0.25, 0.3) is 0 Å². The van der Waals surface area contributed by atoms with Gasteiger partial charge in [-0.1, -0.05) is 20.8 Å². The second kappa shape index (κ2) is 9.48. The molecule has 1 amide bonds. The summed E-state index contributed by atoms with van der Waals surface area (Å²) in [7, 11) is 0. The van der Waals surface area contributed by atoms with E-state index < -0.39 is 0 Å². The quantitative estimate of drug-likeness (QED) is 0.730. The molecular weight excluding hydrogens is 356 g/mol. The Morgan fingerprint density at radius 1 is 1.21 bits per heavy atom. The molecule has 28 heavy (non-hydrogen) atoms. The smallest absolute Gasteiger partial charge is 0.316 e. The largest absolute Gasteiger partial charge is 0.477 e. The van der Waals surface area contributed by atoms with Crippen LogP contribution >= 0.6 is 0 Å². The summed E-state index contributed by atoms with van der Waals surface area (Å²) >= 11 is 0. The van der Waals surface area contributed by atoms with Gasteiger partial charge < -0.3 is 14.4 Å². The lowest BCUT2D eigenvalue weighted by Gasteiger charge is -2.32. The number of pyridine rings is 1. The highest BCUT2D eigenvalue weighted by Crippen LogP contribution is 2.18. The number of piperidine rings is 1. The van der Waals surface area contributed by atoms with E-state index in [4.69, 9.17) is 9.47 Å². The molecule has 0 spiro atoms. The van der Waals surface area contributed by atoms with Crippen LogP contribution in [0.2, 0.25) is 0 Å². The molecular formula is C21H28N4O3. The molecule has 1 fully saturated rings. The van der Waals surface area contributed by atoms with Crippen LogP contribution < -0.4 is 9.47 Å². The fourth-order valence-corrected chi connectivity index (χ4v) is 2.98. The molecule has 7 heteroatoms. The van der Waals surface area contributed by atoms with Crippen LogP contribution in [0.4, 0.5) is 0 Å². The first kappa shape index (κ1) is 20.0. The Morgan fingerprint density at radius 3 is 2.64 bits per heavy atom. The highest BCUT2D eigenvalue weighted by Gasteiger charge is 2.26. The van der Waals surface area contributed by atoms with E-state index in [1.165, 1.54) is 0 Å². The molecule has 2 aromatic heterocycles. The van der Waals surface area contributed by atoms with E-state index in [0.29, 0.717) is 43.1 Å². The van der Waals surface area contributed by atoms with E-state index in [1.807, 2.05) is 0 Å². The van der Waals surface area contributed by atoms with E-state index in [9.17, 15) is 4.79 Å². The number of hydrogen-bond acceptors (Lipinski definition) is 6. The summed E-state index contributed by atoms with van der Waals surface area (Å²) < 4.78 is 11.5. The van der Waals surface area contributed by atoms with Gasteiger partial charge in [0.1, 0.15) is 6.10 Å². The number of hydrogen-bond donors (Lipinski definition) is 0. The topological polar surface area (TPSA) is 77.4 Å². The summed E-state index contributed by atoms with van der Waals surface area (Å²) in [4.78, 5) is 27.4. The number of amides is 1. The van der Waals surface area contributed by atoms with Crippen LogP contribution in [0.1, 0.15) is 49.5 Å². The van der Waals surface area contributed by atoms with Gasteiger partial charge in [-0.05, 0) is 36.8 Å². The zero-order valence-electron chi connectivity index (χ0n) is 16.8. The first-order chi connectivity index (χ1) is 13.5. The zero-order valence-corrected chi connectivity index (χ0v) is 16.8. The van der Waals surface area contributed by atoms with Crippen molar-refractivity contribution in [1.29, 1.82) is 0 Å². The lowest BCUT2D eigenvalue weighted by molar-refractivity contribution is 0.0515. The van der Waals surface area contributed by atoms with E-state index in [2.05, 4.69) is 35.7 Å². The van der Waals surface area contributed by atoms with Crippen molar-refractivity contribution in [2.24, 2.45) is 5.92 Å². The summed E-state index contributed by atoms with van der Waals surface area (Å²) in [5.41, 5.74) is 1.63. The molecule has 1 aliphatic heterocycles. The summed E-state index contributed by atoms with van der Waals surface area (Å²) in [6, 6.07) is 3.88. The molecule has 0 saturated carbocycles. The molecule has 7 nitrogen and oxygen atoms in total. The van der Waals surface area contributed by atoms with Crippen molar-refractivity contribution in [3.63, 3.8) is 0 Å². The van der Waals surface area contributed by atoms with Crippen LogP contribution in [0, 0.1) is 5.92 Å². The maximum atomic E-state index is 12.8. The second-order valence-electron chi connectivity index (χ2n) is 7.45. The lowest BCUT2D eigenvalue weighted by Crippen LogP contribution is -2.44. The van der Waals surface area contributed by atoms with Crippen molar-refractivity contribution in [2.75, 3.05) is 19.7 Å². The number of rotatable bonds is 7. The minimum Gasteiger partial charge on any atom is -0.477 e. The summed E-state index contributed by atoms with van der Waals surface area (Å²) in [6.07, 6.45) is 7.68. The number of aromatic nitrogens is 3. The van der Waals surface area contributed by atoms with E-state index in [1.54, 1.807) is 35.6 Å². The normalized spacial score (nSPS) is 16.9. The van der Waals surface area contributed by atoms with Crippen molar-refractivity contribution < 1.29 is 14.3 Å². The number of carbonyl (C=O) groups excluding carboxylic acids is 1. The monoisotopic (exact) mass is 384 g/mol. The molecule has 0 radical (unpaired) electrons. The molecule has 1 aliphatic rings. The van der Waals surface area contributed by atoms with Crippen LogP contribution in [0.3, 0.4) is 0 Å². The van der Waals surface area contributed by atoms with Gasteiger partial charge in [-0.2, -0.15) is 0 Å². The maximum absolute atomic E-state index is 12.8. The highest BCUT2D eigenvalue weighted by molar-refractivity contribution is 5.94. The minimum absolute atomic E-state index is 0.0431. The average Bonchev–Trinajstić information content (AvgIpc) is 2.73. The third kappa shape index (κ3) is 5.41. The fraction of sp³-hybridized carbons (Fsp3) is 0.524. The molecule has 1 saturated heterocycles. The van der Waals surface area contributed by atoms with Gasteiger partial charge in [0.05, 0.1) is 18.7 Å². The summed E-state index contributed by atoms with van der Waals surface area (Å²) in [5, 5.41) is 0. The van der Waals surface area contributed by atoms with E-state index in [-0.39, 0.29) is 12.0 Å². The molecule has 0 aliphatic carbocycles. The average molecular weight is 384 g/mol. The van der Waals surface area contributed by atoms with Gasteiger partial charge >= 0.3 is 6.01 Å². The minimum atomic E-state index is -0.105. The summed E-state index contributed by atoms with van der Waals surface area (Å²) in [6.45, 7) is 8.05. The van der Waals surface area contributed by atoms with Crippen LogP contribution in [-0.2, 0) is 6.42 Å². The Morgan fingerprint density at radius 2 is 2.00 bits per heavy atom. The van der Waals surface area contributed by atoms with Crippen molar-refractivity contribution >= 4 is 5.91 Å². The molecule has 1 atom stereocenters. The third-order valence-electron chi connectivity index (χ3n) is 4.58. The molecule has 2 aromatic rings. The molecule has 3 heterocycles. The number of carbonyl (C=O) groups is 1. The van der Waals surface area contributed by atoms with Crippen LogP contribution in [0.5, 0.6) is 11.9 Å². The fourth-order valence-electron chi connectivity index (χ4n) is 2.98. The number of aryl methyl sites for hydroxylation is 1. The van der Waals surface area contributed by atoms with Crippen molar-refractivity contribution in [2.45, 2.75) is 46.1 Å². The van der Waals surface area contributed by atoms with Gasteiger partial charge in [0.25, 0.3) is 5.91 Å². The molecule has 0 aromatic carbocycles. The summed E-state index contributed by atoms with van der Waals surface area (Å²) in [5.74, 6) is 0.923. The van der Waals surface area contributed by atoms with Crippen molar-refractivity contribution in [3.05, 3.63) is 41.9 Å². The first-order valence-corrected chi connectivity index (χ1v) is 9.91. The Kier molecular flexibility index (Phi) is 6.79. The predicted octanol–water partition coefficient (Wildman–Crippen LogP) is 3.15. The van der Waals surface area contributed by atoms with Crippen LogP contribution in [0.15, 0.2) is 30.7 Å². The molecule has 150 valence electrons. The van der Waals surface area contributed by atoms with E-state index in [0.717, 1.165) is 24.8 Å². The zero-order chi connectivity index (χ0) is 19.9. The van der Waals surface area contributed by atoms with Gasteiger partial charge in [-0.3, -0.25) is 4.79 Å². The molecule has 1 unspecified atom stereocenters. The Bertz CT molecular complexity index is 762. The van der Waals surface area contributed by atoms with E-state index >= 15 is 0 Å². The predicted molar refractivity (Wildman–Crippen MR) is 106 cm³/mol. The van der Waals surface area contributed by atoms with Gasteiger partial charge in [0.15, 0.2) is 0 Å². The maximum Gasteiger partial charge on any atom is 0.316 e. The van der Waals surface area contributed by atoms with Gasteiger partial charge in [0, 0.05) is 31.2 Å². The van der Waals surface area contributed by atoms with Gasteiger partial charge in [-0.15, -0.1) is 0 Å². The third-order valence-corrected chi connectivity index (χ3v) is 4.58. The Labute approximate surface area is 166 Å². The standard InChI is InChI=1S/C21H28N4O3/c1-4-16-10-23-21(24-11-16)28-18-6-5-9-25(13-18)20(26)17-7-8-19(22-12-17)27-14-15(2)3/h7-8,10-12,15,18H,4-6,9,13-14H2,1-3H3. The van der Waals surface area contributed by atoms with Crippen molar-refractivity contribution in [1.82, 2.24) is 19.9 Å².